The molecule has 0 aliphatic carbocycles. The average Bonchev–Trinajstić information content (AvgIpc) is 2.71. The first kappa shape index (κ1) is 21.4. The van der Waals surface area contributed by atoms with E-state index in [4.69, 9.17) is 4.74 Å². The number of H-pyrrole nitrogens is 1. The van der Waals surface area contributed by atoms with Gasteiger partial charge in [-0.25, -0.2) is 18.7 Å². The molecule has 0 aliphatic rings. The van der Waals surface area contributed by atoms with Gasteiger partial charge in [-0.2, -0.15) is 0 Å². The average molecular weight is 416 g/mol. The maximum Gasteiger partial charge on any atom is 0.252 e. The third-order valence-electron chi connectivity index (χ3n) is 4.48. The molecule has 0 radical (unpaired) electrons. The highest BCUT2D eigenvalue weighted by Crippen LogP contribution is 2.23. The molecule has 1 aromatic carbocycles. The summed E-state index contributed by atoms with van der Waals surface area (Å²) in [5, 5.41) is 13.3. The summed E-state index contributed by atoms with van der Waals surface area (Å²) in [7, 11) is 1.53. The Morgan fingerprint density at radius 3 is 2.57 bits per heavy atom. The van der Waals surface area contributed by atoms with E-state index >= 15 is 0 Å². The standard InChI is InChI=1S/C21H22F2N4O3/c1-3-16-17(5-7-20(25-16)30-2)26-21-24-15(11-19(29)27-21)4-6-18(28)12-8-13(22)10-14(23)9-12/h5,7-11,18,28H,3-4,6H2,1-2H3,(H2,24,26,27,29). The zero-order valence-corrected chi connectivity index (χ0v) is 16.6. The van der Waals surface area contributed by atoms with Crippen LogP contribution in [-0.2, 0) is 12.8 Å². The van der Waals surface area contributed by atoms with Crippen LogP contribution in [-0.4, -0.2) is 27.2 Å². The highest BCUT2D eigenvalue weighted by atomic mass is 19.1. The first-order valence-electron chi connectivity index (χ1n) is 9.43. The zero-order valence-electron chi connectivity index (χ0n) is 16.6. The Morgan fingerprint density at radius 1 is 1.17 bits per heavy atom. The Hall–Kier alpha value is -3.33. The lowest BCUT2D eigenvalue weighted by Crippen LogP contribution is -2.13. The van der Waals surface area contributed by atoms with Crippen LogP contribution in [0.2, 0.25) is 0 Å². The first-order chi connectivity index (χ1) is 14.4. The number of nitrogens with zero attached hydrogens (tertiary/aromatic N) is 2. The number of aliphatic hydroxyl groups is 1. The molecule has 0 saturated heterocycles. The van der Waals surface area contributed by atoms with Crippen molar-refractivity contribution in [2.75, 3.05) is 12.4 Å². The van der Waals surface area contributed by atoms with E-state index in [1.54, 1.807) is 12.1 Å². The minimum atomic E-state index is -1.09. The number of hydrogen-bond donors (Lipinski definition) is 3. The summed E-state index contributed by atoms with van der Waals surface area (Å²) in [6.45, 7) is 1.94. The van der Waals surface area contributed by atoms with Crippen molar-refractivity contribution in [1.82, 2.24) is 15.0 Å². The lowest BCUT2D eigenvalue weighted by Gasteiger charge is -2.13. The summed E-state index contributed by atoms with van der Waals surface area (Å²) < 4.78 is 31.8. The van der Waals surface area contributed by atoms with Crippen LogP contribution in [0.4, 0.5) is 20.4 Å². The molecule has 0 amide bonds. The number of aromatic amines is 1. The van der Waals surface area contributed by atoms with Crippen LogP contribution in [0.3, 0.4) is 0 Å². The summed E-state index contributed by atoms with van der Waals surface area (Å²) in [5.74, 6) is -0.810. The molecule has 0 aliphatic heterocycles. The zero-order chi connectivity index (χ0) is 21.7. The predicted octanol–water partition coefficient (Wildman–Crippen LogP) is 3.42. The summed E-state index contributed by atoms with van der Waals surface area (Å²) in [6, 6.07) is 7.68. The number of aromatic nitrogens is 3. The second kappa shape index (κ2) is 9.45. The number of aryl methyl sites for hydroxylation is 2. The van der Waals surface area contributed by atoms with Crippen molar-refractivity contribution in [3.8, 4) is 5.88 Å². The van der Waals surface area contributed by atoms with Gasteiger partial charge in [0.2, 0.25) is 11.8 Å². The fourth-order valence-corrected chi connectivity index (χ4v) is 3.02. The predicted molar refractivity (Wildman–Crippen MR) is 108 cm³/mol. The molecule has 0 bridgehead atoms. The third kappa shape index (κ3) is 5.38. The second-order valence-electron chi connectivity index (χ2n) is 6.67. The van der Waals surface area contributed by atoms with Gasteiger partial charge in [0.05, 0.1) is 24.6 Å². The van der Waals surface area contributed by atoms with Crippen LogP contribution in [0.1, 0.15) is 36.4 Å². The first-order valence-corrected chi connectivity index (χ1v) is 9.43. The molecule has 3 rings (SSSR count). The van der Waals surface area contributed by atoms with E-state index in [0.717, 1.165) is 23.9 Å². The number of methoxy groups -OCH3 is 1. The lowest BCUT2D eigenvalue weighted by molar-refractivity contribution is 0.166. The molecule has 30 heavy (non-hydrogen) atoms. The van der Waals surface area contributed by atoms with Gasteiger partial charge in [-0.3, -0.25) is 9.78 Å². The van der Waals surface area contributed by atoms with Crippen LogP contribution in [0.15, 0.2) is 41.2 Å². The van der Waals surface area contributed by atoms with Crippen LogP contribution in [0, 0.1) is 11.6 Å². The molecule has 158 valence electrons. The monoisotopic (exact) mass is 416 g/mol. The fourth-order valence-electron chi connectivity index (χ4n) is 3.02. The van der Waals surface area contributed by atoms with Gasteiger partial charge in [-0.15, -0.1) is 0 Å². The molecule has 2 heterocycles. The molecule has 0 spiro atoms. The van der Waals surface area contributed by atoms with Gasteiger partial charge in [0.15, 0.2) is 0 Å². The normalized spacial score (nSPS) is 11.9. The van der Waals surface area contributed by atoms with Gasteiger partial charge < -0.3 is 15.2 Å². The van der Waals surface area contributed by atoms with E-state index < -0.39 is 17.7 Å². The van der Waals surface area contributed by atoms with Crippen molar-refractivity contribution < 1.29 is 18.6 Å². The molecule has 0 saturated carbocycles. The number of pyridine rings is 1. The lowest BCUT2D eigenvalue weighted by atomic mass is 10.0. The van der Waals surface area contributed by atoms with Gasteiger partial charge in [-0.1, -0.05) is 6.92 Å². The Bertz CT molecular complexity index is 1070. The molecule has 7 nitrogen and oxygen atoms in total. The largest absolute Gasteiger partial charge is 0.481 e. The molecular weight excluding hydrogens is 394 g/mol. The Kier molecular flexibility index (Phi) is 6.73. The Morgan fingerprint density at radius 2 is 1.90 bits per heavy atom. The van der Waals surface area contributed by atoms with Crippen molar-refractivity contribution >= 4 is 11.6 Å². The van der Waals surface area contributed by atoms with E-state index in [-0.39, 0.29) is 29.9 Å². The van der Waals surface area contributed by atoms with E-state index in [1.165, 1.54) is 13.2 Å². The SMILES string of the molecule is CCc1nc(OC)ccc1Nc1nc(CCC(O)c2cc(F)cc(F)c2)cc(=O)[nH]1. The third-order valence-corrected chi connectivity index (χ3v) is 4.48. The van der Waals surface area contributed by atoms with Crippen LogP contribution >= 0.6 is 0 Å². The smallest absolute Gasteiger partial charge is 0.252 e. The quantitative estimate of drug-likeness (QED) is 0.520. The van der Waals surface area contributed by atoms with Crippen LogP contribution < -0.4 is 15.6 Å². The van der Waals surface area contributed by atoms with E-state index in [2.05, 4.69) is 20.3 Å². The molecule has 3 N–H and O–H groups in total. The number of nitrogens with one attached hydrogen (secondary N) is 2. The number of halogens is 2. The Labute approximate surface area is 171 Å². The van der Waals surface area contributed by atoms with Gasteiger partial charge >= 0.3 is 0 Å². The molecule has 2 aromatic heterocycles. The number of aliphatic hydroxyl groups excluding tert-OH is 1. The minimum absolute atomic E-state index is 0.132. The molecule has 3 aromatic rings. The van der Waals surface area contributed by atoms with Gasteiger partial charge in [0, 0.05) is 23.9 Å². The van der Waals surface area contributed by atoms with Crippen molar-refractivity contribution in [2.24, 2.45) is 0 Å². The van der Waals surface area contributed by atoms with Crippen LogP contribution in [0.25, 0.3) is 0 Å². The van der Waals surface area contributed by atoms with Crippen molar-refractivity contribution in [3.63, 3.8) is 0 Å². The maximum atomic E-state index is 13.3. The number of ether oxygens (including phenoxy) is 1. The number of rotatable bonds is 8. The number of anilines is 2. The van der Waals surface area contributed by atoms with Crippen LogP contribution in [0.5, 0.6) is 5.88 Å². The van der Waals surface area contributed by atoms with Gasteiger partial charge in [0.1, 0.15) is 11.6 Å². The van der Waals surface area contributed by atoms with Crippen molar-refractivity contribution in [2.45, 2.75) is 32.3 Å². The maximum absolute atomic E-state index is 13.3. The minimum Gasteiger partial charge on any atom is -0.481 e. The van der Waals surface area contributed by atoms with Gasteiger partial charge in [-0.05, 0) is 43.0 Å². The molecule has 1 unspecified atom stereocenters. The second-order valence-corrected chi connectivity index (χ2v) is 6.67. The Balaban J connectivity index is 1.75. The van der Waals surface area contributed by atoms with E-state index in [0.29, 0.717) is 23.7 Å². The molecule has 9 heteroatoms. The highest BCUT2D eigenvalue weighted by molar-refractivity contribution is 5.57. The van der Waals surface area contributed by atoms with Gasteiger partial charge in [0.25, 0.3) is 5.56 Å². The van der Waals surface area contributed by atoms with Crippen molar-refractivity contribution in [1.29, 1.82) is 0 Å². The number of hydrogen-bond acceptors (Lipinski definition) is 6. The summed E-state index contributed by atoms with van der Waals surface area (Å²) >= 11 is 0. The fraction of sp³-hybridized carbons (Fsp3) is 0.286. The van der Waals surface area contributed by atoms with E-state index in [9.17, 15) is 18.7 Å². The number of benzene rings is 1. The highest BCUT2D eigenvalue weighted by Gasteiger charge is 2.13. The summed E-state index contributed by atoms with van der Waals surface area (Å²) in [6.07, 6.45) is -0.0762. The molecule has 0 fully saturated rings. The molecular formula is C21H22F2N4O3. The van der Waals surface area contributed by atoms with Crippen molar-refractivity contribution in [3.05, 3.63) is 75.3 Å². The summed E-state index contributed by atoms with van der Waals surface area (Å²) in [4.78, 5) is 23.4. The summed E-state index contributed by atoms with van der Waals surface area (Å²) in [5.41, 5.74) is 1.61. The topological polar surface area (TPSA) is 100 Å². The van der Waals surface area contributed by atoms with E-state index in [1.807, 2.05) is 6.92 Å². The molecule has 1 atom stereocenters.